The number of halogens is 1. The second-order valence-corrected chi connectivity index (χ2v) is 3.67. The minimum Gasteiger partial charge on any atom is -0.378 e. The number of aliphatic hydroxyl groups excluding tert-OH is 1. The summed E-state index contributed by atoms with van der Waals surface area (Å²) in [6.07, 6.45) is 7.34. The third-order valence-electron chi connectivity index (χ3n) is 2.29. The fourth-order valence-electron chi connectivity index (χ4n) is 1.67. The second kappa shape index (κ2) is 4.20. The van der Waals surface area contributed by atoms with Crippen LogP contribution in [0, 0.1) is 5.92 Å². The summed E-state index contributed by atoms with van der Waals surface area (Å²) in [4.78, 5) is 0. The van der Waals surface area contributed by atoms with Gasteiger partial charge in [0.15, 0.2) is 0 Å². The third-order valence-corrected chi connectivity index (χ3v) is 2.51. The Morgan fingerprint density at radius 3 is 2.50 bits per heavy atom. The molecule has 0 radical (unpaired) electrons. The molecule has 0 amide bonds. The lowest BCUT2D eigenvalue weighted by atomic mass is 10.0. The van der Waals surface area contributed by atoms with E-state index in [9.17, 15) is 0 Å². The van der Waals surface area contributed by atoms with Gasteiger partial charge < -0.3 is 5.11 Å². The van der Waals surface area contributed by atoms with E-state index in [-0.39, 0.29) is 0 Å². The van der Waals surface area contributed by atoms with Gasteiger partial charge in [0.1, 0.15) is 5.56 Å². The molecule has 0 aliphatic heterocycles. The fourth-order valence-corrected chi connectivity index (χ4v) is 1.80. The summed E-state index contributed by atoms with van der Waals surface area (Å²) >= 11 is 5.41. The highest BCUT2D eigenvalue weighted by atomic mass is 35.5. The van der Waals surface area contributed by atoms with Crippen LogP contribution in [-0.2, 0) is 0 Å². The standard InChI is InChI=1S/C8H15ClO/c9-8(10)6-5-7-3-1-2-4-7/h7-8,10H,1-6H2. The lowest BCUT2D eigenvalue weighted by Crippen LogP contribution is -2.00. The summed E-state index contributed by atoms with van der Waals surface area (Å²) < 4.78 is 0. The summed E-state index contributed by atoms with van der Waals surface area (Å²) in [5.74, 6) is 0.855. The smallest absolute Gasteiger partial charge is 0.128 e. The van der Waals surface area contributed by atoms with E-state index < -0.39 is 5.56 Å². The van der Waals surface area contributed by atoms with Crippen molar-refractivity contribution < 1.29 is 5.11 Å². The van der Waals surface area contributed by atoms with E-state index in [0.29, 0.717) is 0 Å². The van der Waals surface area contributed by atoms with Crippen molar-refractivity contribution in [1.29, 1.82) is 0 Å². The van der Waals surface area contributed by atoms with Crippen LogP contribution in [0.1, 0.15) is 38.5 Å². The highest BCUT2D eigenvalue weighted by Gasteiger charge is 2.15. The van der Waals surface area contributed by atoms with Crippen molar-refractivity contribution in [3.8, 4) is 0 Å². The van der Waals surface area contributed by atoms with Gasteiger partial charge >= 0.3 is 0 Å². The number of hydrogen-bond donors (Lipinski definition) is 1. The molecule has 1 rings (SSSR count). The average molecular weight is 163 g/mol. The number of hydrogen-bond acceptors (Lipinski definition) is 1. The van der Waals surface area contributed by atoms with E-state index >= 15 is 0 Å². The third kappa shape index (κ3) is 2.89. The zero-order valence-electron chi connectivity index (χ0n) is 6.22. The summed E-state index contributed by atoms with van der Waals surface area (Å²) in [5.41, 5.74) is -0.611. The molecule has 0 aromatic heterocycles. The first-order chi connectivity index (χ1) is 4.79. The molecule has 1 aliphatic carbocycles. The van der Waals surface area contributed by atoms with Gasteiger partial charge in [-0.05, 0) is 18.8 Å². The monoisotopic (exact) mass is 162 g/mol. The zero-order valence-corrected chi connectivity index (χ0v) is 6.98. The topological polar surface area (TPSA) is 20.2 Å². The Balaban J connectivity index is 2.01. The van der Waals surface area contributed by atoms with Crippen molar-refractivity contribution in [2.24, 2.45) is 5.92 Å². The zero-order chi connectivity index (χ0) is 7.40. The molecule has 0 aromatic rings. The van der Waals surface area contributed by atoms with Gasteiger partial charge in [-0.3, -0.25) is 0 Å². The molecular formula is C8H15ClO. The van der Waals surface area contributed by atoms with Crippen molar-refractivity contribution in [1.82, 2.24) is 0 Å². The van der Waals surface area contributed by atoms with E-state index in [1.165, 1.54) is 25.7 Å². The Bertz CT molecular complexity index is 87.3. The molecular weight excluding hydrogens is 148 g/mol. The van der Waals surface area contributed by atoms with Crippen molar-refractivity contribution in [2.75, 3.05) is 0 Å². The molecule has 0 heterocycles. The van der Waals surface area contributed by atoms with Crippen LogP contribution in [0.4, 0.5) is 0 Å². The first-order valence-electron chi connectivity index (χ1n) is 4.11. The average Bonchev–Trinajstić information content (AvgIpc) is 2.34. The first-order valence-corrected chi connectivity index (χ1v) is 4.55. The van der Waals surface area contributed by atoms with Gasteiger partial charge in [0, 0.05) is 0 Å². The van der Waals surface area contributed by atoms with Crippen molar-refractivity contribution in [3.63, 3.8) is 0 Å². The van der Waals surface area contributed by atoms with E-state index in [2.05, 4.69) is 0 Å². The second-order valence-electron chi connectivity index (χ2n) is 3.16. The van der Waals surface area contributed by atoms with Gasteiger partial charge in [0.25, 0.3) is 0 Å². The molecule has 0 spiro atoms. The molecule has 0 bridgehead atoms. The molecule has 0 aromatic carbocycles. The maximum Gasteiger partial charge on any atom is 0.128 e. The number of aliphatic hydroxyl groups is 1. The van der Waals surface area contributed by atoms with Crippen LogP contribution in [0.2, 0.25) is 0 Å². The van der Waals surface area contributed by atoms with Crippen LogP contribution in [0.15, 0.2) is 0 Å². The largest absolute Gasteiger partial charge is 0.378 e. The van der Waals surface area contributed by atoms with Crippen LogP contribution >= 0.6 is 11.6 Å². The summed E-state index contributed by atoms with van der Waals surface area (Å²) in [7, 11) is 0. The van der Waals surface area contributed by atoms with Crippen LogP contribution < -0.4 is 0 Å². The van der Waals surface area contributed by atoms with Crippen LogP contribution in [0.5, 0.6) is 0 Å². The van der Waals surface area contributed by atoms with Crippen LogP contribution in [-0.4, -0.2) is 10.7 Å². The maximum atomic E-state index is 8.78. The Morgan fingerprint density at radius 2 is 2.00 bits per heavy atom. The molecule has 1 N–H and O–H groups in total. The molecule has 1 atom stereocenters. The first kappa shape index (κ1) is 8.35. The van der Waals surface area contributed by atoms with E-state index in [4.69, 9.17) is 16.7 Å². The highest BCUT2D eigenvalue weighted by molar-refractivity contribution is 6.19. The Morgan fingerprint density at radius 1 is 1.40 bits per heavy atom. The van der Waals surface area contributed by atoms with Crippen LogP contribution in [0.3, 0.4) is 0 Å². The van der Waals surface area contributed by atoms with Gasteiger partial charge in [0.2, 0.25) is 0 Å². The minimum absolute atomic E-state index is 0.611. The lowest BCUT2D eigenvalue weighted by molar-refractivity contribution is 0.231. The summed E-state index contributed by atoms with van der Waals surface area (Å²) in [5, 5.41) is 8.78. The van der Waals surface area contributed by atoms with Gasteiger partial charge in [-0.15, -0.1) is 0 Å². The molecule has 2 heteroatoms. The van der Waals surface area contributed by atoms with Gasteiger partial charge in [-0.2, -0.15) is 0 Å². The van der Waals surface area contributed by atoms with Gasteiger partial charge in [-0.25, -0.2) is 0 Å². The molecule has 1 nitrogen and oxygen atoms in total. The van der Waals surface area contributed by atoms with E-state index in [1.54, 1.807) is 0 Å². The number of rotatable bonds is 3. The molecule has 10 heavy (non-hydrogen) atoms. The fraction of sp³-hybridized carbons (Fsp3) is 1.00. The van der Waals surface area contributed by atoms with Crippen molar-refractivity contribution in [3.05, 3.63) is 0 Å². The molecule has 0 saturated heterocycles. The van der Waals surface area contributed by atoms with Crippen molar-refractivity contribution >= 4 is 11.6 Å². The van der Waals surface area contributed by atoms with Gasteiger partial charge in [-0.1, -0.05) is 37.3 Å². The van der Waals surface area contributed by atoms with E-state index in [0.717, 1.165) is 18.8 Å². The summed E-state index contributed by atoms with van der Waals surface area (Å²) in [6, 6.07) is 0. The predicted molar refractivity (Wildman–Crippen MR) is 43.1 cm³/mol. The number of alkyl halides is 1. The Hall–Kier alpha value is 0.250. The molecule has 60 valence electrons. The molecule has 1 fully saturated rings. The van der Waals surface area contributed by atoms with Gasteiger partial charge in [0.05, 0.1) is 0 Å². The molecule has 1 unspecified atom stereocenters. The normalized spacial score (nSPS) is 23.4. The predicted octanol–water partition coefficient (Wildman–Crippen LogP) is 2.51. The molecule has 1 saturated carbocycles. The van der Waals surface area contributed by atoms with E-state index in [1.807, 2.05) is 0 Å². The quantitative estimate of drug-likeness (QED) is 0.633. The Labute approximate surface area is 67.4 Å². The highest BCUT2D eigenvalue weighted by Crippen LogP contribution is 2.29. The van der Waals surface area contributed by atoms with Crippen LogP contribution in [0.25, 0.3) is 0 Å². The molecule has 1 aliphatic rings. The minimum atomic E-state index is -0.611. The Kier molecular flexibility index (Phi) is 3.50. The maximum absolute atomic E-state index is 8.78. The van der Waals surface area contributed by atoms with Crippen molar-refractivity contribution in [2.45, 2.75) is 44.1 Å². The SMILES string of the molecule is OC(Cl)CCC1CCCC1. The lowest BCUT2D eigenvalue weighted by Gasteiger charge is -2.08. The summed E-state index contributed by atoms with van der Waals surface area (Å²) in [6.45, 7) is 0.